The van der Waals surface area contributed by atoms with Gasteiger partial charge in [0.25, 0.3) is 0 Å². The molecular formula is C16H25ClN2. The van der Waals surface area contributed by atoms with Crippen LogP contribution in [-0.4, -0.2) is 13.1 Å². The van der Waals surface area contributed by atoms with E-state index < -0.39 is 0 Å². The van der Waals surface area contributed by atoms with Crippen molar-refractivity contribution in [1.29, 1.82) is 0 Å². The first kappa shape index (κ1) is 14.7. The average molecular weight is 281 g/mol. The molecule has 0 saturated carbocycles. The summed E-state index contributed by atoms with van der Waals surface area (Å²) in [4.78, 5) is 2.49. The summed E-state index contributed by atoms with van der Waals surface area (Å²) in [6.07, 6.45) is 6.64. The summed E-state index contributed by atoms with van der Waals surface area (Å²) in [6, 6.07) is 6.11. The van der Waals surface area contributed by atoms with Crippen LogP contribution in [0.2, 0.25) is 5.02 Å². The van der Waals surface area contributed by atoms with Gasteiger partial charge in [0, 0.05) is 30.3 Å². The van der Waals surface area contributed by atoms with E-state index in [-0.39, 0.29) is 0 Å². The van der Waals surface area contributed by atoms with Gasteiger partial charge in [-0.15, -0.1) is 0 Å². The Kier molecular flexibility index (Phi) is 5.53. The third kappa shape index (κ3) is 3.87. The third-order valence-corrected chi connectivity index (χ3v) is 4.38. The van der Waals surface area contributed by atoms with Crippen molar-refractivity contribution >= 4 is 17.3 Å². The van der Waals surface area contributed by atoms with E-state index >= 15 is 0 Å². The maximum absolute atomic E-state index is 6.06. The Labute approximate surface area is 121 Å². The van der Waals surface area contributed by atoms with E-state index in [9.17, 15) is 0 Å². The fourth-order valence-electron chi connectivity index (χ4n) is 3.13. The van der Waals surface area contributed by atoms with Crippen molar-refractivity contribution in [2.24, 2.45) is 11.7 Å². The maximum atomic E-state index is 6.06. The fourth-order valence-corrected chi connectivity index (χ4v) is 3.32. The largest absolute Gasteiger partial charge is 0.371 e. The van der Waals surface area contributed by atoms with Gasteiger partial charge < -0.3 is 10.6 Å². The molecule has 0 spiro atoms. The number of rotatable bonds is 4. The summed E-state index contributed by atoms with van der Waals surface area (Å²) in [5.74, 6) is 0.906. The van der Waals surface area contributed by atoms with Crippen molar-refractivity contribution in [2.45, 2.75) is 45.6 Å². The molecule has 0 aromatic heterocycles. The van der Waals surface area contributed by atoms with E-state index in [1.165, 1.54) is 43.4 Å². The fraction of sp³-hybridized carbons (Fsp3) is 0.625. The number of anilines is 1. The van der Waals surface area contributed by atoms with Gasteiger partial charge in [-0.1, -0.05) is 31.4 Å². The molecule has 2 nitrogen and oxygen atoms in total. The van der Waals surface area contributed by atoms with Crippen LogP contribution >= 0.6 is 11.6 Å². The molecule has 1 aromatic carbocycles. The molecule has 1 unspecified atom stereocenters. The van der Waals surface area contributed by atoms with Gasteiger partial charge in [0.15, 0.2) is 0 Å². The van der Waals surface area contributed by atoms with Crippen molar-refractivity contribution < 1.29 is 0 Å². The first-order valence-electron chi connectivity index (χ1n) is 7.48. The van der Waals surface area contributed by atoms with Crippen LogP contribution in [-0.2, 0) is 6.54 Å². The van der Waals surface area contributed by atoms with Crippen LogP contribution in [0.1, 0.15) is 44.6 Å². The molecule has 1 atom stereocenters. The summed E-state index contributed by atoms with van der Waals surface area (Å²) in [5, 5.41) is 0.780. The quantitative estimate of drug-likeness (QED) is 0.895. The Morgan fingerprint density at radius 1 is 1.32 bits per heavy atom. The number of nitrogens with two attached hydrogens (primary N) is 1. The minimum Gasteiger partial charge on any atom is -0.371 e. The zero-order valence-corrected chi connectivity index (χ0v) is 12.6. The molecule has 0 bridgehead atoms. The maximum Gasteiger partial charge on any atom is 0.0412 e. The number of benzene rings is 1. The topological polar surface area (TPSA) is 29.3 Å². The Morgan fingerprint density at radius 3 is 2.89 bits per heavy atom. The van der Waals surface area contributed by atoms with Gasteiger partial charge in [0.1, 0.15) is 0 Å². The Hall–Kier alpha value is -0.730. The summed E-state index contributed by atoms with van der Waals surface area (Å²) in [6.45, 7) is 5.15. The molecule has 0 amide bonds. The highest BCUT2D eigenvalue weighted by Crippen LogP contribution is 2.29. The monoisotopic (exact) mass is 280 g/mol. The molecule has 1 aliphatic rings. The van der Waals surface area contributed by atoms with Crippen molar-refractivity contribution in [2.75, 3.05) is 18.0 Å². The lowest BCUT2D eigenvalue weighted by Gasteiger charge is -2.25. The van der Waals surface area contributed by atoms with Crippen LogP contribution in [0.15, 0.2) is 18.2 Å². The van der Waals surface area contributed by atoms with Crippen molar-refractivity contribution in [3.63, 3.8) is 0 Å². The normalized spacial score (nSPS) is 20.4. The molecular weight excluding hydrogens is 256 g/mol. The lowest BCUT2D eigenvalue weighted by atomic mass is 9.96. The molecule has 1 aromatic rings. The smallest absolute Gasteiger partial charge is 0.0412 e. The van der Waals surface area contributed by atoms with Gasteiger partial charge >= 0.3 is 0 Å². The van der Waals surface area contributed by atoms with Crippen molar-refractivity contribution in [3.8, 4) is 0 Å². The summed E-state index contributed by atoms with van der Waals surface area (Å²) < 4.78 is 0. The molecule has 0 aliphatic carbocycles. The standard InChI is InChI=1S/C16H25ClN2/c1-2-4-13-5-3-9-19(10-8-13)16-7-6-15(17)11-14(16)12-18/h6-7,11,13H,2-5,8-10,12,18H2,1H3. The van der Waals surface area contributed by atoms with Gasteiger partial charge in [0.05, 0.1) is 0 Å². The van der Waals surface area contributed by atoms with Gasteiger partial charge in [-0.3, -0.25) is 0 Å². The lowest BCUT2D eigenvalue weighted by molar-refractivity contribution is 0.435. The van der Waals surface area contributed by atoms with Crippen molar-refractivity contribution in [3.05, 3.63) is 28.8 Å². The van der Waals surface area contributed by atoms with Crippen LogP contribution in [0.5, 0.6) is 0 Å². The zero-order chi connectivity index (χ0) is 13.7. The zero-order valence-electron chi connectivity index (χ0n) is 11.9. The Morgan fingerprint density at radius 2 is 2.16 bits per heavy atom. The highest BCUT2D eigenvalue weighted by Gasteiger charge is 2.18. The summed E-state index contributed by atoms with van der Waals surface area (Å²) in [5.41, 5.74) is 8.30. The SMILES string of the molecule is CCCC1CCCN(c2ccc(Cl)cc2CN)CC1. The summed E-state index contributed by atoms with van der Waals surface area (Å²) in [7, 11) is 0. The number of hydrogen-bond acceptors (Lipinski definition) is 2. The number of nitrogens with zero attached hydrogens (tertiary/aromatic N) is 1. The molecule has 3 heteroatoms. The molecule has 0 radical (unpaired) electrons. The molecule has 1 fully saturated rings. The highest BCUT2D eigenvalue weighted by molar-refractivity contribution is 6.30. The first-order valence-corrected chi connectivity index (χ1v) is 7.85. The highest BCUT2D eigenvalue weighted by atomic mass is 35.5. The second-order valence-corrected chi connectivity index (χ2v) is 5.99. The Balaban J connectivity index is 2.09. The predicted octanol–water partition coefficient (Wildman–Crippen LogP) is 4.21. The van der Waals surface area contributed by atoms with Gasteiger partial charge in [-0.05, 0) is 48.9 Å². The molecule has 19 heavy (non-hydrogen) atoms. The minimum atomic E-state index is 0.560. The molecule has 1 heterocycles. The lowest BCUT2D eigenvalue weighted by Crippen LogP contribution is -2.25. The predicted molar refractivity (Wildman–Crippen MR) is 83.8 cm³/mol. The second-order valence-electron chi connectivity index (χ2n) is 5.55. The third-order valence-electron chi connectivity index (χ3n) is 4.15. The average Bonchev–Trinajstić information content (AvgIpc) is 2.65. The molecule has 1 saturated heterocycles. The van der Waals surface area contributed by atoms with Crippen LogP contribution in [0.4, 0.5) is 5.69 Å². The molecule has 2 N–H and O–H groups in total. The first-order chi connectivity index (χ1) is 9.24. The van der Waals surface area contributed by atoms with E-state index in [4.69, 9.17) is 17.3 Å². The van der Waals surface area contributed by atoms with Crippen LogP contribution in [0, 0.1) is 5.92 Å². The van der Waals surface area contributed by atoms with E-state index in [0.29, 0.717) is 6.54 Å². The molecule has 2 rings (SSSR count). The van der Waals surface area contributed by atoms with Crippen LogP contribution < -0.4 is 10.6 Å². The Bertz CT molecular complexity index is 406. The van der Waals surface area contributed by atoms with E-state index in [2.05, 4.69) is 17.9 Å². The van der Waals surface area contributed by atoms with Crippen LogP contribution in [0.3, 0.4) is 0 Å². The van der Waals surface area contributed by atoms with E-state index in [1.54, 1.807) is 0 Å². The van der Waals surface area contributed by atoms with Gasteiger partial charge in [-0.2, -0.15) is 0 Å². The molecule has 1 aliphatic heterocycles. The number of hydrogen-bond donors (Lipinski definition) is 1. The van der Waals surface area contributed by atoms with Gasteiger partial charge in [-0.25, -0.2) is 0 Å². The number of halogens is 1. The minimum absolute atomic E-state index is 0.560. The van der Waals surface area contributed by atoms with Crippen molar-refractivity contribution in [1.82, 2.24) is 0 Å². The van der Waals surface area contributed by atoms with Crippen LogP contribution in [0.25, 0.3) is 0 Å². The van der Waals surface area contributed by atoms with E-state index in [0.717, 1.165) is 24.0 Å². The summed E-state index contributed by atoms with van der Waals surface area (Å²) >= 11 is 6.06. The van der Waals surface area contributed by atoms with Gasteiger partial charge in [0.2, 0.25) is 0 Å². The van der Waals surface area contributed by atoms with E-state index in [1.807, 2.05) is 12.1 Å². The second kappa shape index (κ2) is 7.16. The molecule has 106 valence electrons.